The molecular weight excluding hydrogens is 581 g/mol. The normalized spacial score (nSPS) is 8.40. The molecule has 208 valence electrons. The molecule has 4 aromatic carbocycles. The Morgan fingerprint density at radius 2 is 0.422 bits per heavy atom. The summed E-state index contributed by atoms with van der Waals surface area (Å²) in [6, 6.07) is 31.2. The van der Waals surface area contributed by atoms with Crippen LogP contribution in [0.4, 0.5) is 0 Å². The molecule has 4 rings (SSSR count). The third kappa shape index (κ3) is 12.1. The van der Waals surface area contributed by atoms with Gasteiger partial charge in [0.25, 0.3) is 0 Å². The second-order valence-electron chi connectivity index (χ2n) is 9.12. The summed E-state index contributed by atoms with van der Waals surface area (Å²) < 4.78 is 0. The summed E-state index contributed by atoms with van der Waals surface area (Å²) in [5.41, 5.74) is 7.42. The number of thiol groups is 2. The Balaban J connectivity index is 1.19. The van der Waals surface area contributed by atoms with E-state index in [0.29, 0.717) is 19.3 Å². The van der Waals surface area contributed by atoms with Crippen molar-refractivity contribution in [3.05, 3.63) is 142 Å². The molecule has 0 bridgehead atoms. The predicted octanol–water partition coefficient (Wildman–Crippen LogP) is 7.54. The van der Waals surface area contributed by atoms with Crippen molar-refractivity contribution >= 4 is 25.3 Å². The van der Waals surface area contributed by atoms with Crippen LogP contribution in [0.1, 0.15) is 63.8 Å². The smallest absolute Gasteiger partial charge is 0.0710 e. The molecule has 0 N–H and O–H groups in total. The molecule has 0 unspecified atom stereocenters. The standard InChI is InChI=1S/C43H24S2/c44-34-32-42-28-24-40(25-29-42)14-8-2-6-12-38-20-16-36(17-21-38)10-4-1-5-11-37-18-22-39(23-19-37)13-7-3-9-15-41-26-30-43(31-27-41)33-35-45/h16-31,44-45H,1-3H2. The molecule has 0 aliphatic heterocycles. The number of rotatable bonds is 0. The van der Waals surface area contributed by atoms with Gasteiger partial charge in [0, 0.05) is 44.5 Å². The zero-order valence-electron chi connectivity index (χ0n) is 24.3. The Morgan fingerprint density at radius 1 is 0.267 bits per heavy atom. The Morgan fingerprint density at radius 3 is 0.578 bits per heavy atom. The van der Waals surface area contributed by atoms with E-state index in [1.807, 2.05) is 97.1 Å². The van der Waals surface area contributed by atoms with Crippen LogP contribution in [0.2, 0.25) is 0 Å². The van der Waals surface area contributed by atoms with Crippen LogP contribution in [-0.4, -0.2) is 0 Å². The first-order chi connectivity index (χ1) is 22.2. The third-order valence-corrected chi connectivity index (χ3v) is 6.09. The zero-order chi connectivity index (χ0) is 31.4. The Kier molecular flexibility index (Phi) is 13.2. The summed E-state index contributed by atoms with van der Waals surface area (Å²) >= 11 is 7.81. The van der Waals surface area contributed by atoms with E-state index in [4.69, 9.17) is 0 Å². The zero-order valence-corrected chi connectivity index (χ0v) is 26.0. The molecule has 2 heteroatoms. The van der Waals surface area contributed by atoms with Crippen LogP contribution in [0, 0.1) is 93.4 Å². The largest absolute Gasteiger partial charge is 0.0918 e. The number of benzene rings is 4. The van der Waals surface area contributed by atoms with Gasteiger partial charge in [-0.25, -0.2) is 0 Å². The van der Waals surface area contributed by atoms with E-state index in [9.17, 15) is 0 Å². The van der Waals surface area contributed by atoms with E-state index in [0.717, 1.165) is 44.5 Å². The van der Waals surface area contributed by atoms with Crippen molar-refractivity contribution in [2.24, 2.45) is 0 Å². The van der Waals surface area contributed by atoms with Gasteiger partial charge < -0.3 is 0 Å². The molecule has 0 radical (unpaired) electrons. The maximum Gasteiger partial charge on any atom is 0.0710 e. The van der Waals surface area contributed by atoms with Crippen molar-refractivity contribution in [2.75, 3.05) is 0 Å². The molecule has 0 aliphatic rings. The molecule has 0 saturated heterocycles. The Labute approximate surface area is 278 Å². The van der Waals surface area contributed by atoms with Crippen LogP contribution in [0.3, 0.4) is 0 Å². The molecule has 0 nitrogen and oxygen atoms in total. The van der Waals surface area contributed by atoms with Crippen molar-refractivity contribution in [3.8, 4) is 93.4 Å². The van der Waals surface area contributed by atoms with E-state index in [2.05, 4.69) is 119 Å². The summed E-state index contributed by atoms with van der Waals surface area (Å²) in [5.74, 6) is 43.2. The summed E-state index contributed by atoms with van der Waals surface area (Å²) in [4.78, 5) is 0. The minimum Gasteiger partial charge on any atom is -0.0918 e. The third-order valence-electron chi connectivity index (χ3n) is 5.87. The highest BCUT2D eigenvalue weighted by molar-refractivity contribution is 7.85. The first-order valence-electron chi connectivity index (χ1n) is 13.9. The topological polar surface area (TPSA) is 0 Å². The lowest BCUT2D eigenvalue weighted by atomic mass is 10.1. The molecule has 4 aromatic rings. The van der Waals surface area contributed by atoms with E-state index in [-0.39, 0.29) is 0 Å². The van der Waals surface area contributed by atoms with Gasteiger partial charge in [-0.1, -0.05) is 108 Å². The van der Waals surface area contributed by atoms with Crippen LogP contribution >= 0.6 is 25.3 Å². The molecule has 45 heavy (non-hydrogen) atoms. The quantitative estimate of drug-likeness (QED) is 0.150. The van der Waals surface area contributed by atoms with Gasteiger partial charge in [0.05, 0.1) is 19.3 Å². The summed E-state index contributed by atoms with van der Waals surface area (Å²) in [7, 11) is 0. The molecule has 0 spiro atoms. The van der Waals surface area contributed by atoms with Crippen molar-refractivity contribution < 1.29 is 0 Å². The second kappa shape index (κ2) is 18.6. The number of hydrogen-bond donors (Lipinski definition) is 2. The van der Waals surface area contributed by atoms with E-state index >= 15 is 0 Å². The van der Waals surface area contributed by atoms with Gasteiger partial charge in [-0.15, -0.1) is 0 Å². The van der Waals surface area contributed by atoms with Crippen LogP contribution in [-0.2, 0) is 0 Å². The van der Waals surface area contributed by atoms with Crippen molar-refractivity contribution in [1.29, 1.82) is 0 Å². The highest BCUT2D eigenvalue weighted by atomic mass is 32.1. The Hall–Kier alpha value is -5.94. The monoisotopic (exact) mass is 604 g/mol. The minimum absolute atomic E-state index is 0.483. The number of hydrogen-bond acceptors (Lipinski definition) is 2. The maximum absolute atomic E-state index is 3.91. The predicted molar refractivity (Wildman–Crippen MR) is 193 cm³/mol. The molecule has 0 aromatic heterocycles. The fraction of sp³-hybridized carbons (Fsp3) is 0.0698. The molecular formula is C43H24S2. The fourth-order valence-corrected chi connectivity index (χ4v) is 3.94. The lowest BCUT2D eigenvalue weighted by Crippen LogP contribution is -1.78. The van der Waals surface area contributed by atoms with Gasteiger partial charge in [-0.2, -0.15) is 0 Å². The summed E-state index contributed by atoms with van der Waals surface area (Å²) in [5, 5.41) is 5.17. The lowest BCUT2D eigenvalue weighted by molar-refractivity contribution is 1.52. The van der Waals surface area contributed by atoms with Gasteiger partial charge in [-0.05, 0) is 108 Å². The van der Waals surface area contributed by atoms with Gasteiger partial charge in [0.1, 0.15) is 0 Å². The van der Waals surface area contributed by atoms with E-state index in [1.165, 1.54) is 0 Å². The van der Waals surface area contributed by atoms with Crippen LogP contribution in [0.15, 0.2) is 97.1 Å². The molecule has 0 heterocycles. The average Bonchev–Trinajstić information content (AvgIpc) is 3.07. The van der Waals surface area contributed by atoms with Crippen molar-refractivity contribution in [3.63, 3.8) is 0 Å². The average molecular weight is 605 g/mol. The summed E-state index contributed by atoms with van der Waals surface area (Å²) in [6.07, 6.45) is 1.47. The lowest BCUT2D eigenvalue weighted by Gasteiger charge is -1.92. The highest BCUT2D eigenvalue weighted by Gasteiger charge is 1.91. The SMILES string of the molecule is SC#Cc1ccc(C#CCC#Cc2ccc(C#CCC#Cc3ccc(C#CCC#Cc4ccc(C#CS)cc4)cc3)cc2)cc1. The molecule has 0 fully saturated rings. The van der Waals surface area contributed by atoms with Gasteiger partial charge in [0.2, 0.25) is 0 Å². The maximum atomic E-state index is 3.91. The molecule has 0 amide bonds. The first-order valence-corrected chi connectivity index (χ1v) is 14.7. The Bertz CT molecular complexity index is 1980. The van der Waals surface area contributed by atoms with Crippen LogP contribution < -0.4 is 0 Å². The van der Waals surface area contributed by atoms with Crippen LogP contribution in [0.25, 0.3) is 0 Å². The highest BCUT2D eigenvalue weighted by Crippen LogP contribution is 2.05. The minimum atomic E-state index is 0.483. The fourth-order valence-electron chi connectivity index (χ4n) is 3.69. The second-order valence-corrected chi connectivity index (χ2v) is 9.57. The van der Waals surface area contributed by atoms with Gasteiger partial charge in [-0.3, -0.25) is 0 Å². The first kappa shape index (κ1) is 32.0. The van der Waals surface area contributed by atoms with Gasteiger partial charge >= 0.3 is 0 Å². The van der Waals surface area contributed by atoms with E-state index < -0.39 is 0 Å². The summed E-state index contributed by atoms with van der Waals surface area (Å²) in [6.45, 7) is 0. The molecule has 0 atom stereocenters. The molecule has 0 aliphatic carbocycles. The van der Waals surface area contributed by atoms with Gasteiger partial charge in [0.15, 0.2) is 0 Å². The van der Waals surface area contributed by atoms with E-state index in [1.54, 1.807) is 0 Å². The van der Waals surface area contributed by atoms with Crippen LogP contribution in [0.5, 0.6) is 0 Å². The van der Waals surface area contributed by atoms with Crippen molar-refractivity contribution in [1.82, 2.24) is 0 Å². The van der Waals surface area contributed by atoms with Crippen molar-refractivity contribution in [2.45, 2.75) is 19.3 Å². The molecule has 0 saturated carbocycles.